The molecule has 2 N–H and O–H groups in total. The molecule has 0 atom stereocenters. The zero-order valence-electron chi connectivity index (χ0n) is 22.5. The quantitative estimate of drug-likeness (QED) is 0.550. The summed E-state index contributed by atoms with van der Waals surface area (Å²) in [5, 5.41) is 7.27. The van der Waals surface area contributed by atoms with Crippen LogP contribution < -0.4 is 10.6 Å². The number of fused-ring (bicyclic) bond motifs is 2. The van der Waals surface area contributed by atoms with E-state index in [2.05, 4.69) is 0 Å². The maximum absolute atomic E-state index is 11.8. The minimum absolute atomic E-state index is 0.330. The van der Waals surface area contributed by atoms with Gasteiger partial charge in [-0.2, -0.15) is 0 Å². The highest BCUT2D eigenvalue weighted by Crippen LogP contribution is 2.18. The first kappa shape index (κ1) is 10.9. The van der Waals surface area contributed by atoms with Gasteiger partial charge in [0.2, 0.25) is 0 Å². The van der Waals surface area contributed by atoms with Gasteiger partial charge in [0.25, 0.3) is 5.91 Å². The van der Waals surface area contributed by atoms with Gasteiger partial charge in [-0.25, -0.2) is 0 Å². The van der Waals surface area contributed by atoms with Gasteiger partial charge < -0.3 is 10.6 Å². The molecule has 0 bridgehead atoms. The Balaban J connectivity index is 0.000000196. The predicted octanol–water partition coefficient (Wildman–Crippen LogP) is 4.76. The lowest BCUT2D eigenvalue weighted by atomic mass is 10.0. The molecular weight excluding hydrogens is 332 g/mol. The molecule has 3 heteroatoms. The van der Waals surface area contributed by atoms with Crippen molar-refractivity contribution < 1.29 is 15.8 Å². The Morgan fingerprint density at radius 3 is 2.19 bits per heavy atom. The molecule has 136 valence electrons. The Morgan fingerprint density at radius 2 is 1.44 bits per heavy atom. The molecule has 0 saturated heterocycles. The molecule has 0 unspecified atom stereocenters. The second-order valence-electron chi connectivity index (χ2n) is 5.76. The van der Waals surface area contributed by atoms with E-state index in [4.69, 9.17) is 11.0 Å². The fourth-order valence-electron chi connectivity index (χ4n) is 2.89. The number of hydrogen-bond acceptors (Lipinski definition) is 2. The minimum atomic E-state index is -2.53. The van der Waals surface area contributed by atoms with Crippen LogP contribution in [-0.2, 0) is 6.50 Å². The largest absolute Gasteiger partial charge is 0.355 e. The fourth-order valence-corrected chi connectivity index (χ4v) is 2.89. The number of carbonyl (C=O) groups is 1. The van der Waals surface area contributed by atoms with Gasteiger partial charge in [0.1, 0.15) is 0 Å². The average Bonchev–Trinajstić information content (AvgIpc) is 2.76. The zero-order valence-corrected chi connectivity index (χ0v) is 14.5. The molecule has 27 heavy (non-hydrogen) atoms. The Bertz CT molecular complexity index is 1320. The van der Waals surface area contributed by atoms with E-state index in [1.54, 1.807) is 42.5 Å². The summed E-state index contributed by atoms with van der Waals surface area (Å²) >= 11 is 0. The van der Waals surface area contributed by atoms with Crippen LogP contribution in [-0.4, -0.2) is 19.9 Å². The number of nitrogens with one attached hydrogen (secondary N) is 2. The number of hydrogen-bond donors (Lipinski definition) is 2. The van der Waals surface area contributed by atoms with Crippen LogP contribution in [0.3, 0.4) is 0 Å². The van der Waals surface area contributed by atoms with Gasteiger partial charge >= 0.3 is 0 Å². The van der Waals surface area contributed by atoms with Crippen molar-refractivity contribution in [3.63, 3.8) is 0 Å². The standard InChI is InChI=1S/C12H11NO.C12H13N/c1-13-12(14)11-8-4-6-9-5-2-3-7-10(9)11;1-13-9-11-7-4-6-10-5-2-3-8-12(10)11/h2-8H,1H3,(H,13,14);2-8,13H,9H2,1H3/i1D3;1D3,9D2. The lowest BCUT2D eigenvalue weighted by molar-refractivity contribution is 0.0964. The Hall–Kier alpha value is -3.17. The summed E-state index contributed by atoms with van der Waals surface area (Å²) in [4.78, 5) is 11.8. The summed E-state index contributed by atoms with van der Waals surface area (Å²) < 4.78 is 58.2. The molecule has 0 spiro atoms. The third-order valence-corrected chi connectivity index (χ3v) is 4.13. The van der Waals surface area contributed by atoms with Gasteiger partial charge in [-0.3, -0.25) is 4.79 Å². The van der Waals surface area contributed by atoms with E-state index >= 15 is 0 Å². The molecular formula is C24H24N2O. The van der Waals surface area contributed by atoms with E-state index in [0.717, 1.165) is 16.2 Å². The molecule has 0 aliphatic heterocycles. The van der Waals surface area contributed by atoms with E-state index in [0.29, 0.717) is 16.5 Å². The number of amides is 1. The molecule has 0 aromatic heterocycles. The number of benzene rings is 4. The van der Waals surface area contributed by atoms with Crippen LogP contribution in [0.5, 0.6) is 0 Å². The molecule has 4 aromatic carbocycles. The molecule has 1 amide bonds. The summed E-state index contributed by atoms with van der Waals surface area (Å²) in [5.41, 5.74) is 0.705. The molecule has 0 radical (unpaired) electrons. The minimum Gasteiger partial charge on any atom is -0.355 e. The first-order valence-corrected chi connectivity index (χ1v) is 8.35. The molecule has 0 aliphatic carbocycles. The normalized spacial score (nSPS) is 16.1. The Morgan fingerprint density at radius 1 is 0.815 bits per heavy atom. The van der Waals surface area contributed by atoms with E-state index in [-0.39, 0.29) is 0 Å². The van der Waals surface area contributed by atoms with Crippen LogP contribution >= 0.6 is 0 Å². The lowest BCUT2D eigenvalue weighted by Crippen LogP contribution is -2.17. The third-order valence-electron chi connectivity index (χ3n) is 4.13. The summed E-state index contributed by atoms with van der Waals surface area (Å²) in [6.07, 6.45) is 0. The number of rotatable bonds is 3. The van der Waals surface area contributed by atoms with Crippen LogP contribution in [0, 0.1) is 0 Å². The van der Waals surface area contributed by atoms with Gasteiger partial charge in [-0.05, 0) is 40.2 Å². The third kappa shape index (κ3) is 4.33. The summed E-state index contributed by atoms with van der Waals surface area (Å²) in [5.74, 6) is -0.582. The molecule has 0 heterocycles. The van der Waals surface area contributed by atoms with Crippen molar-refractivity contribution in [3.05, 3.63) is 96.1 Å². The molecule has 4 rings (SSSR count). The summed E-state index contributed by atoms with van der Waals surface area (Å²) in [6.45, 7) is -7.10. The van der Waals surface area contributed by atoms with Crippen LogP contribution in [0.2, 0.25) is 0 Å². The second-order valence-corrected chi connectivity index (χ2v) is 5.76. The van der Waals surface area contributed by atoms with E-state index in [1.165, 1.54) is 0 Å². The molecule has 0 fully saturated rings. The SMILES string of the molecule is [2H]C([2H])([2H])NC(=O)c1cccc2ccccc12.[2H]C([2H])([2H])NC([2H])([2H])c1cccc2ccccc12. The summed E-state index contributed by atoms with van der Waals surface area (Å²) in [7, 11) is 0. The topological polar surface area (TPSA) is 41.1 Å². The van der Waals surface area contributed by atoms with Crippen molar-refractivity contribution in [1.29, 1.82) is 0 Å². The maximum atomic E-state index is 11.8. The van der Waals surface area contributed by atoms with E-state index in [1.807, 2.05) is 53.1 Å². The predicted molar refractivity (Wildman–Crippen MR) is 114 cm³/mol. The highest BCUT2D eigenvalue weighted by Gasteiger charge is 2.06. The van der Waals surface area contributed by atoms with E-state index < -0.39 is 26.4 Å². The lowest BCUT2D eigenvalue weighted by Gasteiger charge is -2.04. The Kier molecular flexibility index (Phi) is 3.60. The van der Waals surface area contributed by atoms with Gasteiger partial charge in [0.15, 0.2) is 0 Å². The van der Waals surface area contributed by atoms with Crippen molar-refractivity contribution in [2.24, 2.45) is 0 Å². The fraction of sp³-hybridized carbons (Fsp3) is 0.125. The van der Waals surface area contributed by atoms with Crippen molar-refractivity contribution >= 4 is 27.5 Å². The number of carbonyl (C=O) groups excluding carboxylic acids is 1. The van der Waals surface area contributed by atoms with Crippen molar-refractivity contribution in [2.45, 2.75) is 6.50 Å². The van der Waals surface area contributed by atoms with E-state index in [9.17, 15) is 4.79 Å². The van der Waals surface area contributed by atoms with Crippen molar-refractivity contribution in [1.82, 2.24) is 10.6 Å². The van der Waals surface area contributed by atoms with Crippen molar-refractivity contribution in [3.8, 4) is 0 Å². The highest BCUT2D eigenvalue weighted by molar-refractivity contribution is 6.06. The Labute approximate surface area is 171 Å². The monoisotopic (exact) mass is 364 g/mol. The molecule has 3 nitrogen and oxygen atoms in total. The van der Waals surface area contributed by atoms with Gasteiger partial charge in [-0.15, -0.1) is 0 Å². The zero-order chi connectivity index (χ0) is 25.9. The van der Waals surface area contributed by atoms with Crippen LogP contribution in [0.25, 0.3) is 21.5 Å². The van der Waals surface area contributed by atoms with Gasteiger partial charge in [0, 0.05) is 30.0 Å². The van der Waals surface area contributed by atoms with Gasteiger partial charge in [-0.1, -0.05) is 78.9 Å². The first-order chi connectivity index (χ1) is 16.3. The van der Waals surface area contributed by atoms with Crippen LogP contribution in [0.1, 0.15) is 26.9 Å². The maximum Gasteiger partial charge on any atom is 0.251 e. The molecule has 0 aliphatic rings. The first-order valence-electron chi connectivity index (χ1n) is 12.3. The molecule has 0 saturated carbocycles. The second kappa shape index (κ2) is 8.97. The van der Waals surface area contributed by atoms with Crippen LogP contribution in [0.4, 0.5) is 0 Å². The van der Waals surface area contributed by atoms with Crippen molar-refractivity contribution in [2.75, 3.05) is 14.0 Å². The molecule has 4 aromatic rings. The van der Waals surface area contributed by atoms with Gasteiger partial charge in [0.05, 0.1) is 0 Å². The van der Waals surface area contributed by atoms with Crippen LogP contribution in [0.15, 0.2) is 84.9 Å². The highest BCUT2D eigenvalue weighted by atomic mass is 16.1. The summed E-state index contributed by atoms with van der Waals surface area (Å²) in [6, 6.07) is 25.1. The smallest absolute Gasteiger partial charge is 0.251 e. The average molecular weight is 365 g/mol.